The largest absolute Gasteiger partial charge is 0.338 e. The number of urea groups is 1. The lowest BCUT2D eigenvalue weighted by Crippen LogP contribution is -2.47. The third-order valence-corrected chi connectivity index (χ3v) is 4.12. The van der Waals surface area contributed by atoms with Gasteiger partial charge >= 0.3 is 6.03 Å². The number of unbranched alkanes of at least 4 members (excludes halogenated alkanes) is 1. The number of likely N-dealkylation sites (N-methyl/N-ethyl adjacent to an activating group) is 1. The molecule has 0 radical (unpaired) electrons. The van der Waals surface area contributed by atoms with Crippen molar-refractivity contribution in [2.24, 2.45) is 0 Å². The van der Waals surface area contributed by atoms with Crippen molar-refractivity contribution in [1.82, 2.24) is 10.2 Å². The molecular weight excluding hydrogens is 262 g/mol. The van der Waals surface area contributed by atoms with E-state index in [1.807, 2.05) is 35.2 Å². The van der Waals surface area contributed by atoms with Crippen molar-refractivity contribution >= 4 is 11.7 Å². The van der Waals surface area contributed by atoms with Gasteiger partial charge in [0.05, 0.1) is 6.04 Å². The molecule has 1 aliphatic rings. The Labute approximate surface area is 128 Å². The molecule has 0 spiro atoms. The van der Waals surface area contributed by atoms with Gasteiger partial charge in [-0.3, -0.25) is 4.90 Å². The fourth-order valence-electron chi connectivity index (χ4n) is 2.85. The third kappa shape index (κ3) is 4.21. The smallest absolute Gasteiger partial charge is 0.322 e. The van der Waals surface area contributed by atoms with E-state index in [1.165, 1.54) is 0 Å². The molecule has 1 aromatic rings. The fourth-order valence-corrected chi connectivity index (χ4v) is 2.85. The number of carbonyl (C=O) groups is 1. The van der Waals surface area contributed by atoms with Gasteiger partial charge in [-0.15, -0.1) is 0 Å². The standard InChI is InChI=1S/C17H27N3O/c1-3-5-12-18-17(21)20(15-9-7-6-8-10-15)16-11-13-19(4-2)14-16/h6-10,16H,3-5,11-14H2,1-2H3,(H,18,21). The molecule has 4 nitrogen and oxygen atoms in total. The van der Waals surface area contributed by atoms with Crippen molar-refractivity contribution in [2.45, 2.75) is 39.2 Å². The van der Waals surface area contributed by atoms with Gasteiger partial charge in [0.2, 0.25) is 0 Å². The first kappa shape index (κ1) is 15.8. The summed E-state index contributed by atoms with van der Waals surface area (Å²) in [6.07, 6.45) is 3.17. The molecule has 1 aliphatic heterocycles. The second kappa shape index (κ2) is 8.03. The molecule has 1 unspecified atom stereocenters. The summed E-state index contributed by atoms with van der Waals surface area (Å²) in [6, 6.07) is 10.3. The topological polar surface area (TPSA) is 35.6 Å². The summed E-state index contributed by atoms with van der Waals surface area (Å²) in [5.74, 6) is 0. The number of benzene rings is 1. The van der Waals surface area contributed by atoms with Crippen molar-refractivity contribution in [3.63, 3.8) is 0 Å². The van der Waals surface area contributed by atoms with Crippen LogP contribution in [0.15, 0.2) is 30.3 Å². The molecule has 1 N–H and O–H groups in total. The highest BCUT2D eigenvalue weighted by atomic mass is 16.2. The van der Waals surface area contributed by atoms with Crippen LogP contribution < -0.4 is 10.2 Å². The maximum Gasteiger partial charge on any atom is 0.322 e. The summed E-state index contributed by atoms with van der Waals surface area (Å²) < 4.78 is 0. The molecule has 21 heavy (non-hydrogen) atoms. The summed E-state index contributed by atoms with van der Waals surface area (Å²) in [5.41, 5.74) is 0.995. The molecule has 2 amide bonds. The molecule has 0 aliphatic carbocycles. The minimum Gasteiger partial charge on any atom is -0.338 e. The van der Waals surface area contributed by atoms with E-state index in [0.29, 0.717) is 0 Å². The number of nitrogens with zero attached hydrogens (tertiary/aromatic N) is 2. The number of amides is 2. The predicted octanol–water partition coefficient (Wildman–Crippen LogP) is 3.10. The van der Waals surface area contributed by atoms with Crippen LogP contribution in [0.1, 0.15) is 33.1 Å². The van der Waals surface area contributed by atoms with Crippen LogP contribution in [0, 0.1) is 0 Å². The number of rotatable bonds is 6. The Morgan fingerprint density at radius 3 is 2.71 bits per heavy atom. The maximum atomic E-state index is 12.6. The van der Waals surface area contributed by atoms with E-state index < -0.39 is 0 Å². The molecule has 0 bridgehead atoms. The zero-order chi connectivity index (χ0) is 15.1. The summed E-state index contributed by atoms with van der Waals surface area (Å²) in [7, 11) is 0. The van der Waals surface area contributed by atoms with Crippen LogP contribution in [0.3, 0.4) is 0 Å². The van der Waals surface area contributed by atoms with E-state index in [1.54, 1.807) is 0 Å². The van der Waals surface area contributed by atoms with E-state index in [0.717, 1.165) is 51.1 Å². The quantitative estimate of drug-likeness (QED) is 0.817. The van der Waals surface area contributed by atoms with Crippen LogP contribution in [-0.2, 0) is 0 Å². The fraction of sp³-hybridized carbons (Fsp3) is 0.588. The number of hydrogen-bond donors (Lipinski definition) is 1. The van der Waals surface area contributed by atoms with E-state index in [9.17, 15) is 4.79 Å². The summed E-state index contributed by atoms with van der Waals surface area (Å²) >= 11 is 0. The summed E-state index contributed by atoms with van der Waals surface area (Å²) in [6.45, 7) is 8.16. The molecule has 2 rings (SSSR count). The molecule has 1 fully saturated rings. The van der Waals surface area contributed by atoms with E-state index >= 15 is 0 Å². The van der Waals surface area contributed by atoms with Crippen LogP contribution in [0.5, 0.6) is 0 Å². The maximum absolute atomic E-state index is 12.6. The number of hydrogen-bond acceptors (Lipinski definition) is 2. The first-order valence-corrected chi connectivity index (χ1v) is 8.10. The Balaban J connectivity index is 2.09. The van der Waals surface area contributed by atoms with Gasteiger partial charge in [-0.2, -0.15) is 0 Å². The van der Waals surface area contributed by atoms with E-state index in [2.05, 4.69) is 24.1 Å². The van der Waals surface area contributed by atoms with Gasteiger partial charge in [0.1, 0.15) is 0 Å². The Hall–Kier alpha value is -1.55. The summed E-state index contributed by atoms with van der Waals surface area (Å²) in [4.78, 5) is 16.9. The lowest BCUT2D eigenvalue weighted by molar-refractivity contribution is 0.243. The van der Waals surface area contributed by atoms with Crippen LogP contribution in [-0.4, -0.2) is 43.2 Å². The lowest BCUT2D eigenvalue weighted by Gasteiger charge is -2.29. The lowest BCUT2D eigenvalue weighted by atomic mass is 10.2. The van der Waals surface area contributed by atoms with Crippen molar-refractivity contribution in [2.75, 3.05) is 31.1 Å². The molecule has 4 heteroatoms. The van der Waals surface area contributed by atoms with Gasteiger partial charge in [-0.05, 0) is 31.5 Å². The average molecular weight is 289 g/mol. The van der Waals surface area contributed by atoms with Gasteiger partial charge in [0.25, 0.3) is 0 Å². The normalized spacial score (nSPS) is 18.7. The zero-order valence-corrected chi connectivity index (χ0v) is 13.2. The predicted molar refractivity (Wildman–Crippen MR) is 87.7 cm³/mol. The highest BCUT2D eigenvalue weighted by Crippen LogP contribution is 2.23. The van der Waals surface area contributed by atoms with Crippen molar-refractivity contribution < 1.29 is 4.79 Å². The molecule has 0 aromatic heterocycles. The molecule has 116 valence electrons. The molecule has 1 aromatic carbocycles. The Bertz CT molecular complexity index is 435. The highest BCUT2D eigenvalue weighted by Gasteiger charge is 2.30. The number of anilines is 1. The first-order chi connectivity index (χ1) is 10.3. The Morgan fingerprint density at radius 1 is 1.33 bits per heavy atom. The average Bonchev–Trinajstić information content (AvgIpc) is 2.97. The number of nitrogens with one attached hydrogen (secondary N) is 1. The van der Waals surface area contributed by atoms with Gasteiger partial charge in [0.15, 0.2) is 0 Å². The van der Waals surface area contributed by atoms with Gasteiger partial charge in [-0.25, -0.2) is 4.79 Å². The SMILES string of the molecule is CCCCNC(=O)N(c1ccccc1)C1CCN(CC)C1. The van der Waals surface area contributed by atoms with Gasteiger partial charge in [-0.1, -0.05) is 38.5 Å². The first-order valence-electron chi connectivity index (χ1n) is 8.10. The summed E-state index contributed by atoms with van der Waals surface area (Å²) in [5, 5.41) is 3.06. The van der Waals surface area contributed by atoms with Crippen LogP contribution >= 0.6 is 0 Å². The monoisotopic (exact) mass is 289 g/mol. The second-order valence-corrected chi connectivity index (χ2v) is 5.63. The molecule has 0 saturated carbocycles. The minimum atomic E-state index is 0.0394. The van der Waals surface area contributed by atoms with Crippen molar-refractivity contribution in [3.8, 4) is 0 Å². The Kier molecular flexibility index (Phi) is 6.05. The molecule has 1 saturated heterocycles. The molecule has 1 atom stereocenters. The third-order valence-electron chi connectivity index (χ3n) is 4.12. The molecule has 1 heterocycles. The number of para-hydroxylation sites is 1. The number of carbonyl (C=O) groups excluding carboxylic acids is 1. The van der Waals surface area contributed by atoms with E-state index in [-0.39, 0.29) is 12.1 Å². The molecular formula is C17H27N3O. The highest BCUT2D eigenvalue weighted by molar-refractivity contribution is 5.92. The Morgan fingerprint density at radius 2 is 2.10 bits per heavy atom. The van der Waals surface area contributed by atoms with Gasteiger partial charge in [0, 0.05) is 25.3 Å². The minimum absolute atomic E-state index is 0.0394. The van der Waals surface area contributed by atoms with E-state index in [4.69, 9.17) is 0 Å². The van der Waals surface area contributed by atoms with Crippen LogP contribution in [0.2, 0.25) is 0 Å². The number of likely N-dealkylation sites (tertiary alicyclic amines) is 1. The van der Waals surface area contributed by atoms with Crippen molar-refractivity contribution in [1.29, 1.82) is 0 Å². The zero-order valence-electron chi connectivity index (χ0n) is 13.2. The van der Waals surface area contributed by atoms with Crippen LogP contribution in [0.4, 0.5) is 10.5 Å². The van der Waals surface area contributed by atoms with Gasteiger partial charge < -0.3 is 10.2 Å². The second-order valence-electron chi connectivity index (χ2n) is 5.63. The van der Waals surface area contributed by atoms with Crippen molar-refractivity contribution in [3.05, 3.63) is 30.3 Å². The van der Waals surface area contributed by atoms with Crippen LogP contribution in [0.25, 0.3) is 0 Å².